The average Bonchev–Trinajstić information content (AvgIpc) is 3.14. The van der Waals surface area contributed by atoms with Crippen LogP contribution in [0.15, 0.2) is 17.8 Å². The van der Waals surface area contributed by atoms with Crippen LogP contribution in [0, 0.1) is 6.57 Å². The van der Waals surface area contributed by atoms with Crippen LogP contribution in [0.5, 0.6) is 17.2 Å². The molecule has 6 nitrogen and oxygen atoms in total. The predicted molar refractivity (Wildman–Crippen MR) is 221 cm³/mol. The first-order valence-corrected chi connectivity index (χ1v) is 22.0. The van der Waals surface area contributed by atoms with E-state index in [-0.39, 0.29) is 5.70 Å². The fourth-order valence-corrected chi connectivity index (χ4v) is 6.64. The van der Waals surface area contributed by atoms with E-state index in [1.54, 1.807) is 0 Å². The number of carboxylic acid groups (broad SMARTS) is 1. The second-order valence-corrected chi connectivity index (χ2v) is 14.9. The smallest absolute Gasteiger partial charge is 0.333 e. The van der Waals surface area contributed by atoms with Gasteiger partial charge >= 0.3 is 5.97 Å². The van der Waals surface area contributed by atoms with Gasteiger partial charge < -0.3 is 19.3 Å². The van der Waals surface area contributed by atoms with Gasteiger partial charge in [-0.3, -0.25) is 4.79 Å². The first-order valence-electron chi connectivity index (χ1n) is 22.0. The molecule has 0 aromatic heterocycles. The number of ether oxygens (including phenoxy) is 3. The number of carboxylic acids is 1. The Labute approximate surface area is 320 Å². The van der Waals surface area contributed by atoms with E-state index in [2.05, 4.69) is 25.6 Å². The summed E-state index contributed by atoms with van der Waals surface area (Å²) in [5.41, 5.74) is 0.246. The number of aliphatic carboxylic acids is 1. The van der Waals surface area contributed by atoms with Crippen molar-refractivity contribution in [1.29, 1.82) is 0 Å². The van der Waals surface area contributed by atoms with E-state index in [1.165, 1.54) is 160 Å². The van der Waals surface area contributed by atoms with E-state index in [1.807, 2.05) is 12.1 Å². The molecule has 298 valence electrons. The molecule has 0 atom stereocenters. The maximum atomic E-state index is 11.7. The lowest BCUT2D eigenvalue weighted by Crippen LogP contribution is -2.07. The van der Waals surface area contributed by atoms with Gasteiger partial charge in [0.2, 0.25) is 5.75 Å². The van der Waals surface area contributed by atoms with Crippen LogP contribution in [0.4, 0.5) is 0 Å². The van der Waals surface area contributed by atoms with E-state index in [0.29, 0.717) is 42.6 Å². The van der Waals surface area contributed by atoms with E-state index in [9.17, 15) is 9.90 Å². The van der Waals surface area contributed by atoms with Gasteiger partial charge in [0.25, 0.3) is 5.70 Å². The summed E-state index contributed by atoms with van der Waals surface area (Å²) in [6.07, 6.45) is 39.1. The van der Waals surface area contributed by atoms with Crippen LogP contribution in [0.3, 0.4) is 0 Å². The Kier molecular flexibility index (Phi) is 32.2. The third-order valence-electron chi connectivity index (χ3n) is 9.94. The van der Waals surface area contributed by atoms with Gasteiger partial charge in [0, 0.05) is 0 Å². The number of nitrogens with zero attached hydrogens (tertiary/aromatic N) is 1. The number of unbranched alkanes of at least 4 members (excludes halogenated alkanes) is 27. The predicted octanol–water partition coefficient (Wildman–Crippen LogP) is 14.9. The zero-order chi connectivity index (χ0) is 37.7. The molecular weight excluding hydrogens is 647 g/mol. The lowest BCUT2D eigenvalue weighted by molar-refractivity contribution is -0.132. The van der Waals surface area contributed by atoms with Crippen molar-refractivity contribution in [1.82, 2.24) is 0 Å². The number of carbonyl (C=O) groups is 1. The van der Waals surface area contributed by atoms with Crippen molar-refractivity contribution in [2.45, 2.75) is 213 Å². The Morgan fingerprint density at radius 1 is 0.519 bits per heavy atom. The molecule has 0 bridgehead atoms. The molecule has 0 unspecified atom stereocenters. The molecule has 1 rings (SSSR count). The molecule has 0 saturated heterocycles. The standard InChI is InChI=1S/C46H79NO5/c1-5-8-11-14-17-20-23-26-29-32-35-50-43-39-41(38-42(47-4)46(48)49)40-44(51-36-33-30-27-24-21-18-15-12-9-6-2)45(43)52-37-34-31-28-25-22-19-16-13-10-7-3/h38-40H,5-37H2,1-3H3,(H,48,49). The number of hydrogen-bond donors (Lipinski definition) is 1. The minimum Gasteiger partial charge on any atom is -0.490 e. The first kappa shape index (κ1) is 47.3. The Bertz CT molecular complexity index is 1010. The molecule has 0 radical (unpaired) electrons. The first-order chi connectivity index (χ1) is 25.6. The van der Waals surface area contributed by atoms with Gasteiger partial charge in [-0.15, -0.1) is 0 Å². The second kappa shape index (κ2) is 35.4. The van der Waals surface area contributed by atoms with Gasteiger partial charge in [0.05, 0.1) is 26.4 Å². The summed E-state index contributed by atoms with van der Waals surface area (Å²) in [5, 5.41) is 9.56. The Morgan fingerprint density at radius 3 is 1.10 bits per heavy atom. The topological polar surface area (TPSA) is 69.3 Å². The molecule has 52 heavy (non-hydrogen) atoms. The molecule has 0 amide bonds. The van der Waals surface area contributed by atoms with Crippen molar-refractivity contribution in [3.05, 3.63) is 34.8 Å². The lowest BCUT2D eigenvalue weighted by Gasteiger charge is -2.18. The summed E-state index contributed by atoms with van der Waals surface area (Å²) >= 11 is 0. The summed E-state index contributed by atoms with van der Waals surface area (Å²) in [6, 6.07) is 3.62. The highest BCUT2D eigenvalue weighted by molar-refractivity contribution is 5.94. The van der Waals surface area contributed by atoms with Gasteiger partial charge in [-0.25, -0.2) is 4.85 Å². The van der Waals surface area contributed by atoms with E-state index < -0.39 is 5.97 Å². The lowest BCUT2D eigenvalue weighted by atomic mass is 10.1. The van der Waals surface area contributed by atoms with Crippen molar-refractivity contribution in [2.24, 2.45) is 0 Å². The van der Waals surface area contributed by atoms with E-state index in [4.69, 9.17) is 20.8 Å². The molecule has 0 aliphatic heterocycles. The molecular formula is C46H79NO5. The highest BCUT2D eigenvalue weighted by Crippen LogP contribution is 2.40. The third-order valence-corrected chi connectivity index (χ3v) is 9.94. The fourth-order valence-electron chi connectivity index (χ4n) is 6.64. The molecule has 0 fully saturated rings. The van der Waals surface area contributed by atoms with Crippen LogP contribution < -0.4 is 14.2 Å². The fraction of sp³-hybridized carbons (Fsp3) is 0.783. The van der Waals surface area contributed by atoms with Gasteiger partial charge in [0.15, 0.2) is 11.5 Å². The van der Waals surface area contributed by atoms with Crippen LogP contribution >= 0.6 is 0 Å². The van der Waals surface area contributed by atoms with Crippen molar-refractivity contribution in [2.75, 3.05) is 19.8 Å². The maximum Gasteiger partial charge on any atom is 0.333 e. The summed E-state index contributed by atoms with van der Waals surface area (Å²) < 4.78 is 19.2. The molecule has 0 aliphatic carbocycles. The number of hydrogen-bond acceptors (Lipinski definition) is 4. The van der Waals surface area contributed by atoms with Crippen molar-refractivity contribution < 1.29 is 24.1 Å². The zero-order valence-corrected chi connectivity index (χ0v) is 34.1. The summed E-state index contributed by atoms with van der Waals surface area (Å²) in [5.74, 6) is 0.512. The third kappa shape index (κ3) is 26.1. The van der Waals surface area contributed by atoms with Crippen molar-refractivity contribution >= 4 is 12.0 Å². The Morgan fingerprint density at radius 2 is 0.808 bits per heavy atom. The molecule has 0 heterocycles. The van der Waals surface area contributed by atoms with Crippen LogP contribution in [0.25, 0.3) is 10.9 Å². The summed E-state index contributed by atoms with van der Waals surface area (Å²) in [6.45, 7) is 15.9. The SMILES string of the molecule is [C-]#[N+]C(=Cc1cc(OCCCCCCCCCCCC)c(OCCCCCCCCCCCC)c(OCCCCCCCCCCCC)c1)C(=O)O. The van der Waals surface area contributed by atoms with Gasteiger partial charge in [-0.05, 0) is 43.0 Å². The van der Waals surface area contributed by atoms with Crippen LogP contribution in [0.2, 0.25) is 0 Å². The van der Waals surface area contributed by atoms with Gasteiger partial charge in [0.1, 0.15) is 0 Å². The Balaban J connectivity index is 2.86. The van der Waals surface area contributed by atoms with Crippen LogP contribution in [-0.4, -0.2) is 30.9 Å². The molecule has 6 heteroatoms. The maximum absolute atomic E-state index is 11.7. The molecule has 0 spiro atoms. The van der Waals surface area contributed by atoms with Crippen LogP contribution in [-0.2, 0) is 4.79 Å². The van der Waals surface area contributed by atoms with Gasteiger partial charge in [-0.1, -0.05) is 194 Å². The molecule has 1 N–H and O–H groups in total. The largest absolute Gasteiger partial charge is 0.490 e. The quantitative estimate of drug-likeness (QED) is 0.0417. The highest BCUT2D eigenvalue weighted by atomic mass is 16.5. The summed E-state index contributed by atoms with van der Waals surface area (Å²) in [7, 11) is 0. The summed E-state index contributed by atoms with van der Waals surface area (Å²) in [4.78, 5) is 14.9. The minimum absolute atomic E-state index is 0.333. The second-order valence-electron chi connectivity index (χ2n) is 14.9. The molecule has 0 aliphatic rings. The molecule has 0 saturated carbocycles. The van der Waals surface area contributed by atoms with Crippen molar-refractivity contribution in [3.8, 4) is 17.2 Å². The van der Waals surface area contributed by atoms with E-state index in [0.717, 1.165) is 38.5 Å². The monoisotopic (exact) mass is 726 g/mol. The highest BCUT2D eigenvalue weighted by Gasteiger charge is 2.17. The molecule has 1 aromatic rings. The average molecular weight is 726 g/mol. The number of rotatable bonds is 38. The zero-order valence-electron chi connectivity index (χ0n) is 34.1. The number of benzene rings is 1. The van der Waals surface area contributed by atoms with Crippen LogP contribution in [0.1, 0.15) is 219 Å². The van der Waals surface area contributed by atoms with Gasteiger partial charge in [-0.2, -0.15) is 0 Å². The normalized spacial score (nSPS) is 11.5. The van der Waals surface area contributed by atoms with Crippen molar-refractivity contribution in [3.63, 3.8) is 0 Å². The molecule has 1 aromatic carbocycles. The minimum atomic E-state index is -1.24. The Hall–Kier alpha value is -2.68. The van der Waals surface area contributed by atoms with E-state index >= 15 is 0 Å².